The van der Waals surface area contributed by atoms with Gasteiger partial charge in [-0.25, -0.2) is 0 Å². The van der Waals surface area contributed by atoms with Gasteiger partial charge >= 0.3 is 0 Å². The molecule has 1 N–H and O–H groups in total. The van der Waals surface area contributed by atoms with Crippen LogP contribution in [0, 0.1) is 0 Å². The van der Waals surface area contributed by atoms with E-state index in [1.807, 2.05) is 31.2 Å². The van der Waals surface area contributed by atoms with Gasteiger partial charge in [0.2, 0.25) is 5.91 Å². The number of carbonyl (C=O) groups excluding carboxylic acids is 1. The fourth-order valence-electron chi connectivity index (χ4n) is 1.43. The maximum Gasteiger partial charge on any atom is 0.249 e. The molecule has 0 saturated heterocycles. The van der Waals surface area contributed by atoms with Gasteiger partial charge in [0.1, 0.15) is 11.9 Å². The standard InChI is InChI=1S/C13H19NO3/c1-9(14-13(15)10(2)16-3)11-6-5-7-12(8-11)17-4/h5-10H,1-4H3,(H,14,15)/t9-,10?/m0/s1. The molecule has 1 rings (SSSR count). The quantitative estimate of drug-likeness (QED) is 0.851. The first-order chi connectivity index (χ1) is 8.08. The second-order valence-corrected chi connectivity index (χ2v) is 3.88. The summed E-state index contributed by atoms with van der Waals surface area (Å²) in [4.78, 5) is 11.6. The van der Waals surface area contributed by atoms with Gasteiger partial charge < -0.3 is 14.8 Å². The van der Waals surface area contributed by atoms with Crippen molar-refractivity contribution < 1.29 is 14.3 Å². The van der Waals surface area contributed by atoms with Crippen LogP contribution in [0.5, 0.6) is 5.75 Å². The number of carbonyl (C=O) groups is 1. The van der Waals surface area contributed by atoms with Gasteiger partial charge in [0, 0.05) is 7.11 Å². The molecule has 1 aromatic carbocycles. The van der Waals surface area contributed by atoms with E-state index < -0.39 is 6.10 Å². The summed E-state index contributed by atoms with van der Waals surface area (Å²) in [6, 6.07) is 7.55. The van der Waals surface area contributed by atoms with E-state index in [4.69, 9.17) is 9.47 Å². The smallest absolute Gasteiger partial charge is 0.249 e. The molecule has 0 heterocycles. The van der Waals surface area contributed by atoms with Crippen LogP contribution in [0.1, 0.15) is 25.5 Å². The number of nitrogens with one attached hydrogen (secondary N) is 1. The van der Waals surface area contributed by atoms with Crippen LogP contribution in [0.4, 0.5) is 0 Å². The fourth-order valence-corrected chi connectivity index (χ4v) is 1.43. The molecule has 17 heavy (non-hydrogen) atoms. The molecule has 0 radical (unpaired) electrons. The molecule has 1 amide bonds. The van der Waals surface area contributed by atoms with Crippen molar-refractivity contribution in [2.24, 2.45) is 0 Å². The highest BCUT2D eigenvalue weighted by atomic mass is 16.5. The van der Waals surface area contributed by atoms with Crippen molar-refractivity contribution >= 4 is 5.91 Å². The van der Waals surface area contributed by atoms with E-state index in [1.54, 1.807) is 14.0 Å². The van der Waals surface area contributed by atoms with E-state index in [0.29, 0.717) is 0 Å². The highest BCUT2D eigenvalue weighted by molar-refractivity contribution is 5.80. The van der Waals surface area contributed by atoms with Gasteiger partial charge in [0.05, 0.1) is 13.2 Å². The Hall–Kier alpha value is -1.55. The molecule has 0 spiro atoms. The van der Waals surface area contributed by atoms with Crippen molar-refractivity contribution in [3.63, 3.8) is 0 Å². The van der Waals surface area contributed by atoms with E-state index in [0.717, 1.165) is 11.3 Å². The van der Waals surface area contributed by atoms with Gasteiger partial charge in [-0.3, -0.25) is 4.79 Å². The average molecular weight is 237 g/mol. The van der Waals surface area contributed by atoms with Gasteiger partial charge in [-0.15, -0.1) is 0 Å². The molecular weight excluding hydrogens is 218 g/mol. The molecule has 94 valence electrons. The molecule has 0 aliphatic rings. The summed E-state index contributed by atoms with van der Waals surface area (Å²) in [5.74, 6) is 0.659. The Kier molecular flexibility index (Phi) is 4.97. The predicted octanol–water partition coefficient (Wildman–Crippen LogP) is 1.91. The zero-order valence-corrected chi connectivity index (χ0v) is 10.7. The third-order valence-corrected chi connectivity index (χ3v) is 2.68. The third kappa shape index (κ3) is 3.75. The van der Waals surface area contributed by atoms with Gasteiger partial charge in [-0.1, -0.05) is 12.1 Å². The number of ether oxygens (including phenoxy) is 2. The average Bonchev–Trinajstić information content (AvgIpc) is 2.37. The summed E-state index contributed by atoms with van der Waals surface area (Å²) in [7, 11) is 3.13. The minimum absolute atomic E-state index is 0.0739. The summed E-state index contributed by atoms with van der Waals surface area (Å²) in [5.41, 5.74) is 1.00. The van der Waals surface area contributed by atoms with Crippen molar-refractivity contribution in [3.8, 4) is 5.75 Å². The van der Waals surface area contributed by atoms with Crippen LogP contribution < -0.4 is 10.1 Å². The van der Waals surface area contributed by atoms with E-state index in [9.17, 15) is 4.79 Å². The largest absolute Gasteiger partial charge is 0.497 e. The van der Waals surface area contributed by atoms with Crippen molar-refractivity contribution in [1.82, 2.24) is 5.32 Å². The first kappa shape index (κ1) is 13.5. The second-order valence-electron chi connectivity index (χ2n) is 3.88. The first-order valence-electron chi connectivity index (χ1n) is 5.55. The van der Waals surface area contributed by atoms with Crippen LogP contribution in [-0.4, -0.2) is 26.2 Å². The Balaban J connectivity index is 2.69. The molecule has 1 unspecified atom stereocenters. The normalized spacial score (nSPS) is 13.9. The first-order valence-corrected chi connectivity index (χ1v) is 5.55. The van der Waals surface area contributed by atoms with Crippen LogP contribution in [0.15, 0.2) is 24.3 Å². The fraction of sp³-hybridized carbons (Fsp3) is 0.462. The highest BCUT2D eigenvalue weighted by Crippen LogP contribution is 2.18. The molecule has 4 nitrogen and oxygen atoms in total. The minimum Gasteiger partial charge on any atom is -0.497 e. The van der Waals surface area contributed by atoms with Crippen LogP contribution in [0.2, 0.25) is 0 Å². The van der Waals surface area contributed by atoms with Gasteiger partial charge in [-0.05, 0) is 31.5 Å². The molecule has 0 aliphatic carbocycles. The van der Waals surface area contributed by atoms with Crippen molar-refractivity contribution in [2.45, 2.75) is 26.0 Å². The summed E-state index contributed by atoms with van der Waals surface area (Å²) >= 11 is 0. The summed E-state index contributed by atoms with van der Waals surface area (Å²) in [6.45, 7) is 3.64. The molecule has 0 saturated carbocycles. The number of rotatable bonds is 5. The second kappa shape index (κ2) is 6.25. The molecule has 0 fully saturated rings. The number of methoxy groups -OCH3 is 2. The molecule has 2 atom stereocenters. The van der Waals surface area contributed by atoms with Crippen molar-refractivity contribution in [2.75, 3.05) is 14.2 Å². The maximum absolute atomic E-state index is 11.6. The molecule has 0 bridgehead atoms. The lowest BCUT2D eigenvalue weighted by molar-refractivity contribution is -0.130. The number of benzene rings is 1. The van der Waals surface area contributed by atoms with Gasteiger partial charge in [0.15, 0.2) is 0 Å². The lowest BCUT2D eigenvalue weighted by atomic mass is 10.1. The zero-order valence-electron chi connectivity index (χ0n) is 10.7. The number of hydrogen-bond acceptors (Lipinski definition) is 3. The Morgan fingerprint density at radius 2 is 2.00 bits per heavy atom. The molecule has 0 aromatic heterocycles. The molecular formula is C13H19NO3. The summed E-state index contributed by atoms with van der Waals surface area (Å²) in [6.07, 6.45) is -0.442. The summed E-state index contributed by atoms with van der Waals surface area (Å²) in [5, 5.41) is 2.88. The third-order valence-electron chi connectivity index (χ3n) is 2.68. The van der Waals surface area contributed by atoms with Crippen LogP contribution in [-0.2, 0) is 9.53 Å². The molecule has 0 aliphatic heterocycles. The van der Waals surface area contributed by atoms with E-state index in [-0.39, 0.29) is 11.9 Å². The topological polar surface area (TPSA) is 47.6 Å². The number of hydrogen-bond donors (Lipinski definition) is 1. The van der Waals surface area contributed by atoms with Crippen LogP contribution in [0.25, 0.3) is 0 Å². The Labute approximate surface area is 102 Å². The van der Waals surface area contributed by atoms with E-state index in [1.165, 1.54) is 7.11 Å². The Morgan fingerprint density at radius 1 is 1.29 bits per heavy atom. The lowest BCUT2D eigenvalue weighted by Gasteiger charge is -2.17. The van der Waals surface area contributed by atoms with Gasteiger partial charge in [0.25, 0.3) is 0 Å². The van der Waals surface area contributed by atoms with Crippen molar-refractivity contribution in [3.05, 3.63) is 29.8 Å². The number of amides is 1. The molecule has 4 heteroatoms. The van der Waals surface area contributed by atoms with E-state index >= 15 is 0 Å². The predicted molar refractivity (Wildman–Crippen MR) is 66.0 cm³/mol. The highest BCUT2D eigenvalue weighted by Gasteiger charge is 2.15. The van der Waals surface area contributed by atoms with Crippen LogP contribution >= 0.6 is 0 Å². The van der Waals surface area contributed by atoms with Crippen molar-refractivity contribution in [1.29, 1.82) is 0 Å². The Bertz CT molecular complexity index is 379. The minimum atomic E-state index is -0.442. The maximum atomic E-state index is 11.6. The van der Waals surface area contributed by atoms with Crippen LogP contribution in [0.3, 0.4) is 0 Å². The van der Waals surface area contributed by atoms with E-state index in [2.05, 4.69) is 5.32 Å². The summed E-state index contributed by atoms with van der Waals surface area (Å²) < 4.78 is 10.1. The monoisotopic (exact) mass is 237 g/mol. The van der Waals surface area contributed by atoms with Gasteiger partial charge in [-0.2, -0.15) is 0 Å². The zero-order chi connectivity index (χ0) is 12.8. The Morgan fingerprint density at radius 3 is 2.59 bits per heavy atom. The molecule has 1 aromatic rings. The lowest BCUT2D eigenvalue weighted by Crippen LogP contribution is -2.35. The SMILES string of the molecule is COc1cccc([C@H](C)NC(=O)C(C)OC)c1.